The van der Waals surface area contributed by atoms with Crippen LogP contribution in [0.2, 0.25) is 0 Å². The van der Waals surface area contributed by atoms with Gasteiger partial charge in [0.1, 0.15) is 23.9 Å². The molecule has 1 saturated heterocycles. The Balaban J connectivity index is 1.55. The zero-order valence-corrected chi connectivity index (χ0v) is 19.4. The molecule has 2 N–H and O–H groups in total. The summed E-state index contributed by atoms with van der Waals surface area (Å²) < 4.78 is 18.1. The minimum Gasteiger partial charge on any atom is -0.493 e. The molecule has 2 aromatic rings. The van der Waals surface area contributed by atoms with E-state index in [0.29, 0.717) is 13.2 Å². The van der Waals surface area contributed by atoms with E-state index in [-0.39, 0.29) is 11.4 Å². The molecule has 2 aromatic carbocycles. The van der Waals surface area contributed by atoms with Gasteiger partial charge in [-0.15, -0.1) is 0 Å². The van der Waals surface area contributed by atoms with Crippen molar-refractivity contribution in [3.8, 4) is 17.2 Å². The van der Waals surface area contributed by atoms with Crippen molar-refractivity contribution in [1.29, 1.82) is 0 Å². The standard InChI is InChI=1S/C25H32N4O3/c1-24(2,3)15-30-18-6-8-22-20(14-18)25(16-31-23(26)27-25)19-13-17(5-7-21(19)32-22)29-11-9-28(4)10-12-29/h5-8,13-14H,9-12,15-16H2,1-4H3,(H2,26,27)/t25-/m0/s1. The quantitative estimate of drug-likeness (QED) is 0.793. The van der Waals surface area contributed by atoms with Crippen LogP contribution in [0.5, 0.6) is 17.2 Å². The van der Waals surface area contributed by atoms with Gasteiger partial charge in [0.15, 0.2) is 5.54 Å². The normalized spacial score (nSPS) is 22.6. The second kappa shape index (κ2) is 7.59. The molecule has 0 saturated carbocycles. The summed E-state index contributed by atoms with van der Waals surface area (Å²) in [7, 11) is 2.16. The third-order valence-electron chi connectivity index (χ3n) is 6.30. The lowest BCUT2D eigenvalue weighted by molar-refractivity contribution is 0.197. The number of benzene rings is 2. The van der Waals surface area contributed by atoms with Crippen LogP contribution in [0.4, 0.5) is 5.69 Å². The van der Waals surface area contributed by atoms with Gasteiger partial charge in [-0.05, 0) is 48.9 Å². The van der Waals surface area contributed by atoms with Crippen molar-refractivity contribution < 1.29 is 14.2 Å². The molecule has 3 aliphatic heterocycles. The first kappa shape index (κ1) is 20.9. The maximum atomic E-state index is 6.31. The molecule has 0 unspecified atom stereocenters. The number of anilines is 1. The summed E-state index contributed by atoms with van der Waals surface area (Å²) in [6, 6.07) is 12.5. The SMILES string of the molecule is CN1CCN(c2ccc3c(c2)[C@@]2(COC(N)=N2)c2cc(OCC(C)(C)C)ccc2O3)CC1. The molecule has 3 heterocycles. The Morgan fingerprint density at radius 1 is 1.03 bits per heavy atom. The summed E-state index contributed by atoms with van der Waals surface area (Å²) in [5.41, 5.74) is 8.44. The van der Waals surface area contributed by atoms with Gasteiger partial charge in [-0.2, -0.15) is 0 Å². The minimum absolute atomic E-state index is 0.0627. The van der Waals surface area contributed by atoms with E-state index >= 15 is 0 Å². The van der Waals surface area contributed by atoms with E-state index in [9.17, 15) is 0 Å². The second-order valence-corrected chi connectivity index (χ2v) is 10.2. The second-order valence-electron chi connectivity index (χ2n) is 10.2. The molecular weight excluding hydrogens is 404 g/mol. The van der Waals surface area contributed by atoms with Gasteiger partial charge in [-0.25, -0.2) is 4.99 Å². The number of amidine groups is 1. The highest BCUT2D eigenvalue weighted by Crippen LogP contribution is 2.52. The van der Waals surface area contributed by atoms with Gasteiger partial charge in [-0.1, -0.05) is 20.8 Å². The van der Waals surface area contributed by atoms with Crippen LogP contribution in [0.15, 0.2) is 41.4 Å². The molecule has 0 radical (unpaired) electrons. The van der Waals surface area contributed by atoms with Crippen LogP contribution < -0.4 is 20.1 Å². The van der Waals surface area contributed by atoms with Crippen molar-refractivity contribution in [2.24, 2.45) is 16.1 Å². The first-order valence-corrected chi connectivity index (χ1v) is 11.2. The van der Waals surface area contributed by atoms with E-state index in [1.807, 2.05) is 24.3 Å². The van der Waals surface area contributed by atoms with Gasteiger partial charge in [0.2, 0.25) is 0 Å². The maximum absolute atomic E-state index is 6.31. The summed E-state index contributed by atoms with van der Waals surface area (Å²) in [6.07, 6.45) is 0. The highest BCUT2D eigenvalue weighted by molar-refractivity contribution is 5.77. The zero-order chi connectivity index (χ0) is 22.5. The van der Waals surface area contributed by atoms with Crippen molar-refractivity contribution in [2.75, 3.05) is 51.3 Å². The fourth-order valence-corrected chi connectivity index (χ4v) is 4.47. The molecule has 1 spiro atoms. The highest BCUT2D eigenvalue weighted by atomic mass is 16.5. The number of rotatable bonds is 3. The highest BCUT2D eigenvalue weighted by Gasteiger charge is 2.47. The van der Waals surface area contributed by atoms with E-state index < -0.39 is 5.54 Å². The van der Waals surface area contributed by atoms with Gasteiger partial charge < -0.3 is 29.7 Å². The Hall–Kier alpha value is -2.93. The topological polar surface area (TPSA) is 72.6 Å². The molecule has 3 aliphatic rings. The number of nitrogens with two attached hydrogens (primary N) is 1. The average molecular weight is 437 g/mol. The first-order chi connectivity index (χ1) is 15.2. The third-order valence-corrected chi connectivity index (χ3v) is 6.30. The summed E-state index contributed by atoms with van der Waals surface area (Å²) in [5, 5.41) is 0. The molecule has 5 rings (SSSR count). The Kier molecular flexibility index (Phi) is 4.97. The lowest BCUT2D eigenvalue weighted by Crippen LogP contribution is -2.44. The number of nitrogens with zero attached hydrogens (tertiary/aromatic N) is 3. The van der Waals surface area contributed by atoms with Crippen LogP contribution in [-0.4, -0.2) is 57.4 Å². The molecule has 32 heavy (non-hydrogen) atoms. The first-order valence-electron chi connectivity index (χ1n) is 11.2. The number of ether oxygens (including phenoxy) is 3. The van der Waals surface area contributed by atoms with Crippen molar-refractivity contribution >= 4 is 11.7 Å². The van der Waals surface area contributed by atoms with E-state index in [2.05, 4.69) is 49.8 Å². The van der Waals surface area contributed by atoms with Gasteiger partial charge >= 0.3 is 0 Å². The van der Waals surface area contributed by atoms with Crippen LogP contribution in [0.1, 0.15) is 31.9 Å². The van der Waals surface area contributed by atoms with Gasteiger partial charge in [0.05, 0.1) is 6.61 Å². The number of likely N-dealkylation sites (N-methyl/N-ethyl adjacent to an activating group) is 1. The predicted molar refractivity (Wildman–Crippen MR) is 126 cm³/mol. The number of piperazine rings is 1. The predicted octanol–water partition coefficient (Wildman–Crippen LogP) is 3.56. The summed E-state index contributed by atoms with van der Waals surface area (Å²) in [4.78, 5) is 9.58. The van der Waals surface area contributed by atoms with Crippen LogP contribution in [0.3, 0.4) is 0 Å². The largest absolute Gasteiger partial charge is 0.493 e. The van der Waals surface area contributed by atoms with E-state index in [1.165, 1.54) is 5.69 Å². The molecule has 7 nitrogen and oxygen atoms in total. The molecule has 1 fully saturated rings. The lowest BCUT2D eigenvalue weighted by atomic mass is 9.81. The smallest absolute Gasteiger partial charge is 0.283 e. The van der Waals surface area contributed by atoms with E-state index in [0.717, 1.165) is 54.6 Å². The minimum atomic E-state index is -0.739. The van der Waals surface area contributed by atoms with Gasteiger partial charge in [0, 0.05) is 43.0 Å². The summed E-state index contributed by atoms with van der Waals surface area (Å²) >= 11 is 0. The number of aliphatic imine (C=N–C) groups is 1. The van der Waals surface area contributed by atoms with Crippen LogP contribution in [0.25, 0.3) is 0 Å². The Bertz CT molecular complexity index is 1050. The molecule has 170 valence electrons. The van der Waals surface area contributed by atoms with E-state index in [4.69, 9.17) is 24.9 Å². The van der Waals surface area contributed by atoms with Crippen LogP contribution in [0, 0.1) is 5.41 Å². The monoisotopic (exact) mass is 436 g/mol. The summed E-state index contributed by atoms with van der Waals surface area (Å²) in [6.45, 7) is 11.5. The van der Waals surface area contributed by atoms with Crippen molar-refractivity contribution in [3.63, 3.8) is 0 Å². The van der Waals surface area contributed by atoms with Crippen LogP contribution >= 0.6 is 0 Å². The fourth-order valence-electron chi connectivity index (χ4n) is 4.47. The number of fused-ring (bicyclic) bond motifs is 4. The Morgan fingerprint density at radius 2 is 1.72 bits per heavy atom. The summed E-state index contributed by atoms with van der Waals surface area (Å²) in [5.74, 6) is 2.34. The average Bonchev–Trinajstić information content (AvgIpc) is 3.15. The molecule has 0 amide bonds. The van der Waals surface area contributed by atoms with Crippen molar-refractivity contribution in [1.82, 2.24) is 4.90 Å². The zero-order valence-electron chi connectivity index (χ0n) is 19.4. The Morgan fingerprint density at radius 3 is 2.38 bits per heavy atom. The fraction of sp³-hybridized carbons (Fsp3) is 0.480. The molecule has 1 atom stereocenters. The molecule has 0 aliphatic carbocycles. The molecular formula is C25H32N4O3. The van der Waals surface area contributed by atoms with Crippen LogP contribution in [-0.2, 0) is 10.3 Å². The van der Waals surface area contributed by atoms with Crippen molar-refractivity contribution in [2.45, 2.75) is 26.3 Å². The molecule has 7 heteroatoms. The third kappa shape index (κ3) is 3.75. The molecule has 0 aromatic heterocycles. The maximum Gasteiger partial charge on any atom is 0.283 e. The molecule has 0 bridgehead atoms. The Labute approximate surface area is 189 Å². The lowest BCUT2D eigenvalue weighted by Gasteiger charge is -2.37. The number of hydrogen-bond donors (Lipinski definition) is 1. The van der Waals surface area contributed by atoms with Gasteiger partial charge in [-0.3, -0.25) is 0 Å². The van der Waals surface area contributed by atoms with E-state index in [1.54, 1.807) is 0 Å². The van der Waals surface area contributed by atoms with Crippen molar-refractivity contribution in [3.05, 3.63) is 47.5 Å². The van der Waals surface area contributed by atoms with Gasteiger partial charge in [0.25, 0.3) is 6.02 Å². The number of hydrogen-bond acceptors (Lipinski definition) is 7.